The number of carboxylic acid groups (broad SMARTS) is 1. The van der Waals surface area contributed by atoms with E-state index < -0.39 is 19.2 Å². The Hall–Kier alpha value is -0.640. The summed E-state index contributed by atoms with van der Waals surface area (Å²) in [6.45, 7) is 3.22. The van der Waals surface area contributed by atoms with Gasteiger partial charge in [0.2, 0.25) is 0 Å². The second-order valence-corrected chi connectivity index (χ2v) is 4.17. The number of aliphatic carboxylic acids is 1. The van der Waals surface area contributed by atoms with E-state index in [0.717, 1.165) is 6.08 Å². The zero-order valence-electron chi connectivity index (χ0n) is 6.38. The van der Waals surface area contributed by atoms with Crippen LogP contribution in [0.2, 0.25) is 0 Å². The van der Waals surface area contributed by atoms with Crippen LogP contribution in [0.1, 0.15) is 12.8 Å². The van der Waals surface area contributed by atoms with Crippen LogP contribution in [0, 0.1) is 0 Å². The van der Waals surface area contributed by atoms with Crippen LogP contribution >= 0.6 is 7.60 Å². The summed E-state index contributed by atoms with van der Waals surface area (Å²) < 4.78 is 10.6. The molecule has 0 spiro atoms. The molecule has 0 saturated heterocycles. The first kappa shape index (κ1) is 11.4. The standard InChI is InChI=1S/C6H11O5P/c1-2-5(12(9,10)11)3-4-6(7)8/h2,5H,1,3-4H2,(H,7,8)(H2,9,10,11). The molecule has 0 fully saturated rings. The summed E-state index contributed by atoms with van der Waals surface area (Å²) in [5.74, 6) is -1.07. The summed E-state index contributed by atoms with van der Waals surface area (Å²) in [7, 11) is -4.21. The highest BCUT2D eigenvalue weighted by Crippen LogP contribution is 2.43. The summed E-state index contributed by atoms with van der Waals surface area (Å²) in [4.78, 5) is 27.3. The first-order valence-corrected chi connectivity index (χ1v) is 4.95. The minimum absolute atomic E-state index is 0.0802. The summed E-state index contributed by atoms with van der Waals surface area (Å²) in [5.41, 5.74) is -1.05. The molecular weight excluding hydrogens is 183 g/mol. The van der Waals surface area contributed by atoms with Gasteiger partial charge in [0.05, 0.1) is 5.66 Å². The molecular formula is C6H11O5P. The molecule has 1 unspecified atom stereocenters. The molecule has 70 valence electrons. The van der Waals surface area contributed by atoms with Crippen molar-refractivity contribution in [2.24, 2.45) is 0 Å². The van der Waals surface area contributed by atoms with Crippen molar-refractivity contribution in [1.29, 1.82) is 0 Å². The van der Waals surface area contributed by atoms with E-state index in [-0.39, 0.29) is 12.8 Å². The molecule has 0 aromatic carbocycles. The molecule has 0 heterocycles. The van der Waals surface area contributed by atoms with E-state index in [1.54, 1.807) is 0 Å². The highest BCUT2D eigenvalue weighted by molar-refractivity contribution is 7.52. The van der Waals surface area contributed by atoms with Crippen LogP contribution in [0.25, 0.3) is 0 Å². The smallest absolute Gasteiger partial charge is 0.332 e. The zero-order chi connectivity index (χ0) is 9.78. The second kappa shape index (κ2) is 4.40. The van der Waals surface area contributed by atoms with Crippen LogP contribution < -0.4 is 0 Å². The number of allylic oxidation sites excluding steroid dienone is 1. The Morgan fingerprint density at radius 1 is 1.58 bits per heavy atom. The van der Waals surface area contributed by atoms with Crippen molar-refractivity contribution in [1.82, 2.24) is 0 Å². The molecule has 5 nitrogen and oxygen atoms in total. The second-order valence-electron chi connectivity index (χ2n) is 2.32. The predicted molar refractivity (Wildman–Crippen MR) is 42.9 cm³/mol. The number of hydrogen-bond acceptors (Lipinski definition) is 2. The van der Waals surface area contributed by atoms with E-state index in [9.17, 15) is 9.36 Å². The van der Waals surface area contributed by atoms with Crippen molar-refractivity contribution >= 4 is 13.6 Å². The van der Waals surface area contributed by atoms with Gasteiger partial charge >= 0.3 is 13.6 Å². The molecule has 0 aliphatic rings. The van der Waals surface area contributed by atoms with Gasteiger partial charge in [0, 0.05) is 6.42 Å². The molecule has 0 rings (SSSR count). The molecule has 0 radical (unpaired) electrons. The fraction of sp³-hybridized carbons (Fsp3) is 0.500. The van der Waals surface area contributed by atoms with Gasteiger partial charge in [-0.2, -0.15) is 0 Å². The molecule has 1 atom stereocenters. The average Bonchev–Trinajstić information content (AvgIpc) is 1.85. The summed E-state index contributed by atoms with van der Waals surface area (Å²) in [5, 5.41) is 8.24. The van der Waals surface area contributed by atoms with Crippen LogP contribution in [-0.4, -0.2) is 26.5 Å². The molecule has 12 heavy (non-hydrogen) atoms. The fourth-order valence-corrected chi connectivity index (χ4v) is 1.43. The van der Waals surface area contributed by atoms with Gasteiger partial charge in [0.25, 0.3) is 0 Å². The molecule has 0 amide bonds. The first-order valence-electron chi connectivity index (χ1n) is 3.27. The van der Waals surface area contributed by atoms with Crippen LogP contribution in [0.3, 0.4) is 0 Å². The number of hydrogen-bond donors (Lipinski definition) is 3. The van der Waals surface area contributed by atoms with Gasteiger partial charge in [-0.3, -0.25) is 9.36 Å². The number of carbonyl (C=O) groups is 1. The lowest BCUT2D eigenvalue weighted by atomic mass is 10.2. The van der Waals surface area contributed by atoms with Crippen LogP contribution in [0.15, 0.2) is 12.7 Å². The van der Waals surface area contributed by atoms with Gasteiger partial charge in [-0.25, -0.2) is 0 Å². The molecule has 0 saturated carbocycles. The molecule has 0 aliphatic heterocycles. The third-order valence-corrected chi connectivity index (χ3v) is 2.69. The topological polar surface area (TPSA) is 94.8 Å². The SMILES string of the molecule is C=CC(CCC(=O)O)P(=O)(O)O. The molecule has 0 bridgehead atoms. The average molecular weight is 194 g/mol. The van der Waals surface area contributed by atoms with Gasteiger partial charge in [-0.15, -0.1) is 6.58 Å². The summed E-state index contributed by atoms with van der Waals surface area (Å²) in [6.07, 6.45) is 0.745. The maximum atomic E-state index is 10.6. The molecule has 0 aliphatic carbocycles. The quantitative estimate of drug-likeness (QED) is 0.439. The lowest BCUT2D eigenvalue weighted by molar-refractivity contribution is -0.137. The van der Waals surface area contributed by atoms with Crippen LogP contribution in [0.5, 0.6) is 0 Å². The van der Waals surface area contributed by atoms with Crippen molar-refractivity contribution in [2.45, 2.75) is 18.5 Å². The van der Waals surface area contributed by atoms with Crippen LogP contribution in [-0.2, 0) is 9.36 Å². The number of rotatable bonds is 5. The van der Waals surface area contributed by atoms with Crippen molar-refractivity contribution in [2.75, 3.05) is 0 Å². The largest absolute Gasteiger partial charge is 0.481 e. The Kier molecular flexibility index (Phi) is 4.17. The summed E-state index contributed by atoms with van der Waals surface area (Å²) in [6, 6.07) is 0. The number of carboxylic acids is 1. The molecule has 0 aromatic rings. The first-order chi connectivity index (χ1) is 5.38. The summed E-state index contributed by atoms with van der Waals surface area (Å²) >= 11 is 0. The van der Waals surface area contributed by atoms with Gasteiger partial charge in [-0.1, -0.05) is 6.08 Å². The third kappa shape index (κ3) is 4.28. The highest BCUT2D eigenvalue weighted by atomic mass is 31.2. The van der Waals surface area contributed by atoms with Gasteiger partial charge in [0.15, 0.2) is 0 Å². The van der Waals surface area contributed by atoms with E-state index in [1.807, 2.05) is 0 Å². The van der Waals surface area contributed by atoms with Crippen molar-refractivity contribution in [3.05, 3.63) is 12.7 Å². The minimum Gasteiger partial charge on any atom is -0.481 e. The Morgan fingerprint density at radius 3 is 2.33 bits per heavy atom. The lowest BCUT2D eigenvalue weighted by Crippen LogP contribution is -2.07. The van der Waals surface area contributed by atoms with Crippen molar-refractivity contribution < 1.29 is 24.3 Å². The predicted octanol–water partition coefficient (Wildman–Crippen LogP) is 0.583. The van der Waals surface area contributed by atoms with Gasteiger partial charge in [-0.05, 0) is 6.42 Å². The maximum absolute atomic E-state index is 10.6. The fourth-order valence-electron chi connectivity index (χ4n) is 0.695. The zero-order valence-corrected chi connectivity index (χ0v) is 7.28. The van der Waals surface area contributed by atoms with E-state index in [1.165, 1.54) is 0 Å². The van der Waals surface area contributed by atoms with Crippen molar-refractivity contribution in [3.8, 4) is 0 Å². The Balaban J connectivity index is 4.11. The normalized spacial score (nSPS) is 13.8. The lowest BCUT2D eigenvalue weighted by Gasteiger charge is -2.12. The highest BCUT2D eigenvalue weighted by Gasteiger charge is 2.25. The Bertz CT molecular complexity index is 218. The minimum atomic E-state index is -4.21. The van der Waals surface area contributed by atoms with Crippen LogP contribution in [0.4, 0.5) is 0 Å². The van der Waals surface area contributed by atoms with E-state index >= 15 is 0 Å². The molecule has 0 aromatic heterocycles. The van der Waals surface area contributed by atoms with Gasteiger partial charge in [0.1, 0.15) is 0 Å². The monoisotopic (exact) mass is 194 g/mol. The molecule has 3 N–H and O–H groups in total. The van der Waals surface area contributed by atoms with E-state index in [2.05, 4.69) is 6.58 Å². The Morgan fingerprint density at radius 2 is 2.08 bits per heavy atom. The third-order valence-electron chi connectivity index (χ3n) is 1.36. The van der Waals surface area contributed by atoms with Gasteiger partial charge < -0.3 is 14.9 Å². The maximum Gasteiger partial charge on any atom is 0.332 e. The van der Waals surface area contributed by atoms with Crippen molar-refractivity contribution in [3.63, 3.8) is 0 Å². The molecule has 6 heteroatoms. The van der Waals surface area contributed by atoms with E-state index in [4.69, 9.17) is 14.9 Å². The Labute approximate surface area is 69.9 Å². The van der Waals surface area contributed by atoms with E-state index in [0.29, 0.717) is 0 Å².